The lowest BCUT2D eigenvalue weighted by Gasteiger charge is -2.18. The molecule has 1 aromatic heterocycles. The van der Waals surface area contributed by atoms with Crippen molar-refractivity contribution in [3.63, 3.8) is 0 Å². The van der Waals surface area contributed by atoms with Gasteiger partial charge in [-0.1, -0.05) is 48.5 Å². The number of carbonyl (C=O) groups is 1. The van der Waals surface area contributed by atoms with Crippen LogP contribution >= 0.6 is 0 Å². The zero-order valence-electron chi connectivity index (χ0n) is 15.8. The van der Waals surface area contributed by atoms with Gasteiger partial charge in [-0.05, 0) is 23.5 Å². The van der Waals surface area contributed by atoms with E-state index in [1.54, 1.807) is 11.0 Å². The summed E-state index contributed by atoms with van der Waals surface area (Å²) in [6, 6.07) is 17.2. The molecular formula is C22H22N4O3. The maximum Gasteiger partial charge on any atom is 0.254 e. The first-order chi connectivity index (χ1) is 14.2. The fraction of sp³-hybridized carbons (Fsp3) is 0.318. The minimum Gasteiger partial charge on any atom is -0.396 e. The number of aromatic nitrogens is 3. The van der Waals surface area contributed by atoms with Crippen LogP contribution in [0.4, 0.5) is 0 Å². The normalized spacial score (nSPS) is 28.1. The SMILES string of the molecule is O=C(c1ccccc1-c1ncn[nH]1)N1C[C@@H](O)[C@@]2(C1)[C@H](CO)[C@H]2c1ccccc1. The fourth-order valence-electron chi connectivity index (χ4n) is 5.10. The number of β-amino-alcohol motifs (C(OH)–C–C–N with tert-alkyl or cyclic N) is 1. The monoisotopic (exact) mass is 390 g/mol. The number of hydrogen-bond acceptors (Lipinski definition) is 5. The Bertz CT molecular complexity index is 1020. The van der Waals surface area contributed by atoms with E-state index in [4.69, 9.17) is 0 Å². The summed E-state index contributed by atoms with van der Waals surface area (Å²) in [5.41, 5.74) is 1.81. The molecule has 0 radical (unpaired) electrons. The van der Waals surface area contributed by atoms with Gasteiger partial charge in [-0.15, -0.1) is 0 Å². The van der Waals surface area contributed by atoms with Gasteiger partial charge in [-0.25, -0.2) is 4.98 Å². The highest BCUT2D eigenvalue weighted by atomic mass is 16.3. The van der Waals surface area contributed by atoms with Crippen LogP contribution in [-0.2, 0) is 0 Å². The van der Waals surface area contributed by atoms with E-state index in [9.17, 15) is 15.0 Å². The van der Waals surface area contributed by atoms with Crippen LogP contribution in [0.15, 0.2) is 60.9 Å². The van der Waals surface area contributed by atoms with Gasteiger partial charge in [-0.3, -0.25) is 9.89 Å². The third-order valence-corrected chi connectivity index (χ3v) is 6.51. The molecule has 1 aliphatic carbocycles. The fourth-order valence-corrected chi connectivity index (χ4v) is 5.10. The molecule has 0 unspecified atom stereocenters. The molecule has 3 aromatic rings. The number of amides is 1. The van der Waals surface area contributed by atoms with Crippen LogP contribution in [-0.4, -0.2) is 62.0 Å². The molecule has 29 heavy (non-hydrogen) atoms. The molecule has 7 nitrogen and oxygen atoms in total. The van der Waals surface area contributed by atoms with Crippen molar-refractivity contribution in [2.24, 2.45) is 11.3 Å². The van der Waals surface area contributed by atoms with Crippen molar-refractivity contribution in [1.29, 1.82) is 0 Å². The molecule has 1 saturated heterocycles. The van der Waals surface area contributed by atoms with E-state index in [0.717, 1.165) is 5.56 Å². The van der Waals surface area contributed by atoms with E-state index < -0.39 is 11.5 Å². The number of rotatable bonds is 4. The summed E-state index contributed by atoms with van der Waals surface area (Å²) in [5.74, 6) is 0.377. The molecule has 3 N–H and O–H groups in total. The van der Waals surface area contributed by atoms with Gasteiger partial charge >= 0.3 is 0 Å². The number of benzene rings is 2. The quantitative estimate of drug-likeness (QED) is 0.629. The molecule has 1 amide bonds. The highest BCUT2D eigenvalue weighted by Crippen LogP contribution is 2.68. The number of likely N-dealkylation sites (tertiary alicyclic amines) is 1. The third-order valence-electron chi connectivity index (χ3n) is 6.51. The number of nitrogens with zero attached hydrogens (tertiary/aromatic N) is 3. The van der Waals surface area contributed by atoms with Crippen LogP contribution in [0.25, 0.3) is 11.4 Å². The maximum atomic E-state index is 13.4. The molecule has 2 aromatic carbocycles. The van der Waals surface area contributed by atoms with Gasteiger partial charge in [0.15, 0.2) is 5.82 Å². The van der Waals surface area contributed by atoms with Gasteiger partial charge in [0.2, 0.25) is 0 Å². The van der Waals surface area contributed by atoms with Gasteiger partial charge in [0.1, 0.15) is 6.33 Å². The van der Waals surface area contributed by atoms with Crippen molar-refractivity contribution in [3.05, 3.63) is 72.1 Å². The number of aromatic amines is 1. The zero-order valence-corrected chi connectivity index (χ0v) is 15.8. The topological polar surface area (TPSA) is 102 Å². The summed E-state index contributed by atoms with van der Waals surface area (Å²) in [7, 11) is 0. The Balaban J connectivity index is 1.45. The minimum absolute atomic E-state index is 0.00664. The second kappa shape index (κ2) is 6.79. The first kappa shape index (κ1) is 18.0. The van der Waals surface area contributed by atoms with E-state index in [1.807, 2.05) is 48.5 Å². The Morgan fingerprint density at radius 1 is 1.17 bits per heavy atom. The average molecular weight is 390 g/mol. The van der Waals surface area contributed by atoms with E-state index in [0.29, 0.717) is 23.5 Å². The Morgan fingerprint density at radius 3 is 2.66 bits per heavy atom. The van der Waals surface area contributed by atoms with E-state index in [-0.39, 0.29) is 30.9 Å². The van der Waals surface area contributed by atoms with Crippen LogP contribution in [0.2, 0.25) is 0 Å². The molecule has 148 valence electrons. The minimum atomic E-state index is -0.675. The van der Waals surface area contributed by atoms with E-state index in [1.165, 1.54) is 6.33 Å². The van der Waals surface area contributed by atoms with E-state index >= 15 is 0 Å². The molecule has 1 saturated carbocycles. The number of nitrogens with one attached hydrogen (secondary N) is 1. The van der Waals surface area contributed by atoms with Crippen LogP contribution < -0.4 is 0 Å². The first-order valence-electron chi connectivity index (χ1n) is 9.74. The van der Waals surface area contributed by atoms with Crippen LogP contribution in [0, 0.1) is 11.3 Å². The molecule has 2 aliphatic rings. The second-order valence-corrected chi connectivity index (χ2v) is 7.87. The van der Waals surface area contributed by atoms with Crippen molar-refractivity contribution in [3.8, 4) is 11.4 Å². The highest BCUT2D eigenvalue weighted by Gasteiger charge is 2.71. The highest BCUT2D eigenvalue weighted by molar-refractivity contribution is 6.00. The zero-order chi connectivity index (χ0) is 20.0. The van der Waals surface area contributed by atoms with Crippen molar-refractivity contribution in [2.45, 2.75) is 12.0 Å². The van der Waals surface area contributed by atoms with Gasteiger partial charge in [0, 0.05) is 30.7 Å². The third kappa shape index (κ3) is 2.69. The number of H-pyrrole nitrogens is 1. The Hall–Kier alpha value is -3.03. The lowest BCUT2D eigenvalue weighted by molar-refractivity contribution is 0.0764. The van der Waals surface area contributed by atoms with Crippen molar-refractivity contribution in [1.82, 2.24) is 20.1 Å². The average Bonchev–Trinajstić information content (AvgIpc) is 3.04. The molecule has 5 rings (SSSR count). The van der Waals surface area contributed by atoms with Gasteiger partial charge in [-0.2, -0.15) is 5.10 Å². The van der Waals surface area contributed by atoms with Crippen molar-refractivity contribution < 1.29 is 15.0 Å². The Labute approximate surface area is 168 Å². The molecule has 1 spiro atoms. The van der Waals surface area contributed by atoms with Crippen LogP contribution in [0.1, 0.15) is 21.8 Å². The molecule has 2 heterocycles. The summed E-state index contributed by atoms with van der Waals surface area (Å²) >= 11 is 0. The summed E-state index contributed by atoms with van der Waals surface area (Å²) in [5, 5.41) is 27.6. The summed E-state index contributed by atoms with van der Waals surface area (Å²) < 4.78 is 0. The smallest absolute Gasteiger partial charge is 0.254 e. The summed E-state index contributed by atoms with van der Waals surface area (Å²) in [6.45, 7) is 0.666. The predicted molar refractivity (Wildman–Crippen MR) is 106 cm³/mol. The molecule has 1 aliphatic heterocycles. The standard InChI is InChI=1S/C22H22N4O3/c27-11-17-19(14-6-2-1-3-7-14)22(17)12-26(10-18(22)28)21(29)16-9-5-4-8-15(16)20-23-13-24-25-20/h1-9,13,17-19,27-28H,10-12H2,(H,23,24,25)/t17-,18-,19-,22-/m1/s1. The second-order valence-electron chi connectivity index (χ2n) is 7.87. The van der Waals surface area contributed by atoms with Crippen LogP contribution in [0.3, 0.4) is 0 Å². The van der Waals surface area contributed by atoms with Gasteiger partial charge < -0.3 is 15.1 Å². The van der Waals surface area contributed by atoms with Gasteiger partial charge in [0.05, 0.1) is 11.7 Å². The Kier molecular flexibility index (Phi) is 4.22. The molecule has 7 heteroatoms. The molecule has 4 atom stereocenters. The van der Waals surface area contributed by atoms with Gasteiger partial charge in [0.25, 0.3) is 5.91 Å². The number of carbonyl (C=O) groups excluding carboxylic acids is 1. The summed E-state index contributed by atoms with van der Waals surface area (Å²) in [6.07, 6.45) is 0.734. The number of hydrogen-bond donors (Lipinski definition) is 3. The van der Waals surface area contributed by atoms with Crippen LogP contribution in [0.5, 0.6) is 0 Å². The molecular weight excluding hydrogens is 368 g/mol. The number of aliphatic hydroxyl groups excluding tert-OH is 2. The Morgan fingerprint density at radius 2 is 1.93 bits per heavy atom. The summed E-state index contributed by atoms with van der Waals surface area (Å²) in [4.78, 5) is 19.2. The van der Waals surface area contributed by atoms with Crippen molar-refractivity contribution in [2.75, 3.05) is 19.7 Å². The molecule has 0 bridgehead atoms. The largest absolute Gasteiger partial charge is 0.396 e. The maximum absolute atomic E-state index is 13.4. The number of aliphatic hydroxyl groups is 2. The molecule has 2 fully saturated rings. The van der Waals surface area contributed by atoms with E-state index in [2.05, 4.69) is 15.2 Å². The van der Waals surface area contributed by atoms with Crippen molar-refractivity contribution >= 4 is 5.91 Å². The lowest BCUT2D eigenvalue weighted by atomic mass is 9.95. The first-order valence-corrected chi connectivity index (χ1v) is 9.74. The lowest BCUT2D eigenvalue weighted by Crippen LogP contribution is -2.30. The predicted octanol–water partition coefficient (Wildman–Crippen LogP) is 1.68.